The van der Waals surface area contributed by atoms with Crippen molar-refractivity contribution in [3.05, 3.63) is 94.4 Å². The van der Waals surface area contributed by atoms with Crippen LogP contribution >= 0.6 is 0 Å². The fourth-order valence-corrected chi connectivity index (χ4v) is 3.91. The van der Waals surface area contributed by atoms with Crippen molar-refractivity contribution in [2.45, 2.75) is 19.9 Å². The standard InChI is InChI=1S/C26H28N4O3/c1-18-9-7-10-20(17-18)30-24(27-22-12-6-5-11-21(22)25(30)31)19(2)29(15-14-28(3)4)26(32)23-13-8-16-33-23/h5-13,16-17,19H,14-15H2,1-4H3. The topological polar surface area (TPSA) is 71.6 Å². The third-order valence-electron chi connectivity index (χ3n) is 5.68. The number of benzene rings is 2. The highest BCUT2D eigenvalue weighted by atomic mass is 16.3. The molecular formula is C26H28N4O3. The number of amides is 1. The number of hydrogen-bond acceptors (Lipinski definition) is 5. The molecule has 4 aromatic rings. The first-order valence-electron chi connectivity index (χ1n) is 10.9. The number of nitrogens with zero attached hydrogens (tertiary/aromatic N) is 4. The summed E-state index contributed by atoms with van der Waals surface area (Å²) < 4.78 is 7.02. The first-order chi connectivity index (χ1) is 15.9. The fourth-order valence-electron chi connectivity index (χ4n) is 3.91. The maximum absolute atomic E-state index is 13.6. The molecule has 0 aliphatic heterocycles. The summed E-state index contributed by atoms with van der Waals surface area (Å²) in [5.41, 5.74) is 2.19. The molecule has 2 aromatic heterocycles. The molecule has 1 atom stereocenters. The van der Waals surface area contributed by atoms with Gasteiger partial charge in [0.1, 0.15) is 5.82 Å². The molecule has 0 radical (unpaired) electrons. The van der Waals surface area contributed by atoms with E-state index in [2.05, 4.69) is 0 Å². The van der Waals surface area contributed by atoms with E-state index in [9.17, 15) is 9.59 Å². The number of carbonyl (C=O) groups is 1. The Bertz CT molecular complexity index is 1330. The van der Waals surface area contributed by atoms with Crippen molar-refractivity contribution in [3.8, 4) is 5.69 Å². The molecule has 170 valence electrons. The van der Waals surface area contributed by atoms with Crippen molar-refractivity contribution >= 4 is 16.8 Å². The van der Waals surface area contributed by atoms with Gasteiger partial charge in [-0.15, -0.1) is 0 Å². The number of aryl methyl sites for hydroxylation is 1. The van der Waals surface area contributed by atoms with Gasteiger partial charge in [-0.2, -0.15) is 0 Å². The number of hydrogen-bond donors (Lipinski definition) is 0. The summed E-state index contributed by atoms with van der Waals surface area (Å²) in [6.07, 6.45) is 1.49. The highest BCUT2D eigenvalue weighted by molar-refractivity contribution is 5.91. The van der Waals surface area contributed by atoms with Crippen molar-refractivity contribution in [2.75, 3.05) is 27.2 Å². The maximum Gasteiger partial charge on any atom is 0.290 e. The summed E-state index contributed by atoms with van der Waals surface area (Å²) in [7, 11) is 3.91. The van der Waals surface area contributed by atoms with Crippen LogP contribution in [0.15, 0.2) is 76.1 Å². The monoisotopic (exact) mass is 444 g/mol. The van der Waals surface area contributed by atoms with Crippen LogP contribution in [0.4, 0.5) is 0 Å². The van der Waals surface area contributed by atoms with Crippen LogP contribution in [0.25, 0.3) is 16.6 Å². The predicted molar refractivity (Wildman–Crippen MR) is 129 cm³/mol. The Labute approximate surface area is 192 Å². The van der Waals surface area contributed by atoms with E-state index in [-0.39, 0.29) is 17.2 Å². The van der Waals surface area contributed by atoms with Crippen LogP contribution in [-0.4, -0.2) is 52.4 Å². The quantitative estimate of drug-likeness (QED) is 0.430. The minimum atomic E-state index is -0.486. The minimum absolute atomic E-state index is 0.161. The van der Waals surface area contributed by atoms with E-state index in [0.717, 1.165) is 11.3 Å². The number of aromatic nitrogens is 2. The van der Waals surface area contributed by atoms with Crippen LogP contribution in [0.2, 0.25) is 0 Å². The predicted octanol–water partition coefficient (Wildman–Crippen LogP) is 4.05. The first kappa shape index (κ1) is 22.5. The Hall–Kier alpha value is -3.71. The number of fused-ring (bicyclic) bond motifs is 1. The molecule has 0 saturated heterocycles. The molecule has 1 amide bonds. The van der Waals surface area contributed by atoms with Crippen molar-refractivity contribution in [2.24, 2.45) is 0 Å². The van der Waals surface area contributed by atoms with E-state index in [1.807, 2.05) is 75.3 Å². The summed E-state index contributed by atoms with van der Waals surface area (Å²) in [6.45, 7) is 4.98. The van der Waals surface area contributed by atoms with Gasteiger partial charge in [-0.05, 0) is 69.9 Å². The third-order valence-corrected chi connectivity index (χ3v) is 5.68. The van der Waals surface area contributed by atoms with Gasteiger partial charge in [0.2, 0.25) is 0 Å². The summed E-state index contributed by atoms with van der Waals surface area (Å²) in [4.78, 5) is 35.6. The molecular weight excluding hydrogens is 416 g/mol. The normalized spacial score (nSPS) is 12.3. The molecule has 0 saturated carbocycles. The average Bonchev–Trinajstić information content (AvgIpc) is 3.33. The smallest absolute Gasteiger partial charge is 0.290 e. The molecule has 7 nitrogen and oxygen atoms in total. The molecule has 7 heteroatoms. The average molecular weight is 445 g/mol. The number of rotatable bonds is 7. The van der Waals surface area contributed by atoms with Crippen molar-refractivity contribution < 1.29 is 9.21 Å². The van der Waals surface area contributed by atoms with Gasteiger partial charge < -0.3 is 14.2 Å². The van der Waals surface area contributed by atoms with E-state index in [0.29, 0.717) is 29.8 Å². The number of likely N-dealkylation sites (N-methyl/N-ethyl adjacent to an activating group) is 1. The SMILES string of the molecule is Cc1cccc(-n2c(C(C)N(CCN(C)C)C(=O)c3ccco3)nc3ccccc3c2=O)c1. The van der Waals surface area contributed by atoms with E-state index in [4.69, 9.17) is 9.40 Å². The van der Waals surface area contributed by atoms with Gasteiger partial charge in [0, 0.05) is 13.1 Å². The molecule has 0 aliphatic rings. The van der Waals surface area contributed by atoms with Crippen LogP contribution in [0, 0.1) is 6.92 Å². The van der Waals surface area contributed by atoms with Gasteiger partial charge in [0.05, 0.1) is 28.9 Å². The molecule has 2 aromatic carbocycles. The Kier molecular flexibility index (Phi) is 6.42. The molecule has 0 fully saturated rings. The zero-order valence-corrected chi connectivity index (χ0v) is 19.4. The van der Waals surface area contributed by atoms with Crippen molar-refractivity contribution in [1.82, 2.24) is 19.4 Å². The molecule has 0 bridgehead atoms. The minimum Gasteiger partial charge on any atom is -0.459 e. The lowest BCUT2D eigenvalue weighted by Crippen LogP contribution is -2.40. The molecule has 0 spiro atoms. The van der Waals surface area contributed by atoms with Gasteiger partial charge >= 0.3 is 0 Å². The lowest BCUT2D eigenvalue weighted by Gasteiger charge is -2.31. The third kappa shape index (κ3) is 4.59. The van der Waals surface area contributed by atoms with E-state index >= 15 is 0 Å². The largest absolute Gasteiger partial charge is 0.459 e. The molecule has 0 N–H and O–H groups in total. The van der Waals surface area contributed by atoms with E-state index in [1.54, 1.807) is 27.7 Å². The zero-order chi connectivity index (χ0) is 23.5. The summed E-state index contributed by atoms with van der Waals surface area (Å²) >= 11 is 0. The number of para-hydroxylation sites is 1. The summed E-state index contributed by atoms with van der Waals surface area (Å²) in [5.74, 6) is 0.515. The van der Waals surface area contributed by atoms with Gasteiger partial charge in [-0.25, -0.2) is 4.98 Å². The Morgan fingerprint density at radius 1 is 1.06 bits per heavy atom. The van der Waals surface area contributed by atoms with E-state index < -0.39 is 6.04 Å². The van der Waals surface area contributed by atoms with Gasteiger partial charge in [-0.1, -0.05) is 24.3 Å². The lowest BCUT2D eigenvalue weighted by atomic mass is 10.1. The summed E-state index contributed by atoms with van der Waals surface area (Å²) in [6, 6.07) is 17.9. The van der Waals surface area contributed by atoms with E-state index in [1.165, 1.54) is 6.26 Å². The van der Waals surface area contributed by atoms with Crippen molar-refractivity contribution in [1.29, 1.82) is 0 Å². The second kappa shape index (κ2) is 9.42. The van der Waals surface area contributed by atoms with Gasteiger partial charge in [-0.3, -0.25) is 14.2 Å². The Morgan fingerprint density at radius 2 is 1.85 bits per heavy atom. The van der Waals surface area contributed by atoms with Crippen LogP contribution in [-0.2, 0) is 0 Å². The Balaban J connectivity index is 1.91. The first-order valence-corrected chi connectivity index (χ1v) is 10.9. The Morgan fingerprint density at radius 3 is 2.55 bits per heavy atom. The van der Waals surface area contributed by atoms with Crippen LogP contribution in [0.5, 0.6) is 0 Å². The fraction of sp³-hybridized carbons (Fsp3) is 0.269. The molecule has 1 unspecified atom stereocenters. The van der Waals surface area contributed by atoms with Gasteiger partial charge in [0.15, 0.2) is 5.76 Å². The summed E-state index contributed by atoms with van der Waals surface area (Å²) in [5, 5.41) is 0.534. The lowest BCUT2D eigenvalue weighted by molar-refractivity contribution is 0.0634. The molecule has 33 heavy (non-hydrogen) atoms. The number of furan rings is 1. The molecule has 4 rings (SSSR count). The molecule has 0 aliphatic carbocycles. The zero-order valence-electron chi connectivity index (χ0n) is 19.4. The molecule has 2 heterocycles. The van der Waals surface area contributed by atoms with Crippen molar-refractivity contribution in [3.63, 3.8) is 0 Å². The second-order valence-electron chi connectivity index (χ2n) is 8.42. The van der Waals surface area contributed by atoms with Crippen LogP contribution in [0.3, 0.4) is 0 Å². The highest BCUT2D eigenvalue weighted by Gasteiger charge is 2.29. The van der Waals surface area contributed by atoms with Crippen LogP contribution < -0.4 is 5.56 Å². The highest BCUT2D eigenvalue weighted by Crippen LogP contribution is 2.25. The van der Waals surface area contributed by atoms with Gasteiger partial charge in [0.25, 0.3) is 11.5 Å². The second-order valence-corrected chi connectivity index (χ2v) is 8.42. The maximum atomic E-state index is 13.6. The number of carbonyl (C=O) groups excluding carboxylic acids is 1. The van der Waals surface area contributed by atoms with Crippen LogP contribution in [0.1, 0.15) is 34.9 Å².